The predicted octanol–water partition coefficient (Wildman–Crippen LogP) is 4.10. The molecule has 1 aliphatic carbocycles. The molecule has 36 heavy (non-hydrogen) atoms. The van der Waals surface area contributed by atoms with Gasteiger partial charge in [-0.3, -0.25) is 14.4 Å². The first kappa shape index (κ1) is 24.0. The summed E-state index contributed by atoms with van der Waals surface area (Å²) in [5.41, 5.74) is 1.40. The molecule has 0 bridgehead atoms. The molecule has 3 atom stereocenters. The van der Waals surface area contributed by atoms with E-state index in [2.05, 4.69) is 0 Å². The Morgan fingerprint density at radius 2 is 1.92 bits per heavy atom. The molecule has 2 amide bonds. The normalized spacial score (nSPS) is 20.3. The van der Waals surface area contributed by atoms with E-state index in [-0.39, 0.29) is 47.4 Å². The van der Waals surface area contributed by atoms with Crippen LogP contribution in [0.1, 0.15) is 46.0 Å². The maximum absolute atomic E-state index is 14.9. The first-order valence-corrected chi connectivity index (χ1v) is 11.9. The number of hydrogen-bond acceptors (Lipinski definition) is 4. The Balaban J connectivity index is 1.38. The van der Waals surface area contributed by atoms with Crippen molar-refractivity contribution in [1.82, 2.24) is 14.6 Å². The van der Waals surface area contributed by atoms with Crippen LogP contribution in [0.4, 0.5) is 4.48 Å². The van der Waals surface area contributed by atoms with Crippen LogP contribution in [0.25, 0.3) is 10.9 Å². The molecular weight excluding hydrogens is 489 g/mol. The smallest absolute Gasteiger partial charge is 0.335 e. The van der Waals surface area contributed by atoms with Crippen molar-refractivity contribution >= 4 is 46.1 Å². The highest BCUT2D eigenvalue weighted by Gasteiger charge is 2.56. The van der Waals surface area contributed by atoms with Gasteiger partial charge in [-0.1, -0.05) is 28.2 Å². The lowest BCUT2D eigenvalue weighted by atomic mass is 10.1. The van der Waals surface area contributed by atoms with Gasteiger partial charge < -0.3 is 14.6 Å². The number of aromatic nitrogens is 1. The second-order valence-electron chi connectivity index (χ2n) is 9.37. The summed E-state index contributed by atoms with van der Waals surface area (Å²) in [7, 11) is 0. The van der Waals surface area contributed by atoms with Crippen LogP contribution in [0, 0.1) is 5.92 Å². The lowest BCUT2D eigenvalue weighted by molar-refractivity contribution is -0.157. The highest BCUT2D eigenvalue weighted by molar-refractivity contribution is 6.30. The van der Waals surface area contributed by atoms with Gasteiger partial charge in [0.2, 0.25) is 5.91 Å². The molecule has 2 aliphatic rings. The Kier molecular flexibility index (Phi) is 6.04. The number of carbonyl (C=O) groups is 4. The zero-order chi connectivity index (χ0) is 25.7. The van der Waals surface area contributed by atoms with Crippen molar-refractivity contribution < 1.29 is 28.8 Å². The number of carbonyl (C=O) groups excluding carboxylic acids is 3. The molecule has 5 rings (SSSR count). The van der Waals surface area contributed by atoms with Crippen molar-refractivity contribution in [2.45, 2.75) is 44.9 Å². The van der Waals surface area contributed by atoms with E-state index in [1.165, 1.54) is 30.2 Å². The zero-order valence-electron chi connectivity index (χ0n) is 19.4. The minimum Gasteiger partial charge on any atom is -0.478 e. The zero-order valence-corrected chi connectivity index (χ0v) is 20.1. The van der Waals surface area contributed by atoms with Gasteiger partial charge in [0, 0.05) is 33.7 Å². The molecule has 3 aromatic rings. The SMILES string of the molecule is CC(=O)c1cn(CC(=O)N2[C@@H]3C[C@@H]3C[C@H]2C(=O)N(F)Cc2cccc(Cl)c2)c2ccc(C(=O)O)cc12. The molecular formula is C26H23ClFN3O5. The summed E-state index contributed by atoms with van der Waals surface area (Å²) in [5.74, 6) is -2.36. The van der Waals surface area contributed by atoms with Crippen LogP contribution < -0.4 is 0 Å². The van der Waals surface area contributed by atoms with Crippen molar-refractivity contribution in [2.24, 2.45) is 5.92 Å². The summed E-state index contributed by atoms with van der Waals surface area (Å²) in [4.78, 5) is 51.4. The number of carboxylic acids is 1. The van der Waals surface area contributed by atoms with Gasteiger partial charge in [0.25, 0.3) is 5.91 Å². The van der Waals surface area contributed by atoms with E-state index in [1.54, 1.807) is 34.9 Å². The number of nitrogens with zero attached hydrogens (tertiary/aromatic N) is 3. The molecule has 0 radical (unpaired) electrons. The fourth-order valence-electron chi connectivity index (χ4n) is 5.14. The van der Waals surface area contributed by atoms with Gasteiger partial charge in [-0.05, 0) is 61.6 Å². The Labute approximate surface area is 210 Å². The number of likely N-dealkylation sites (tertiary alicyclic amines) is 1. The van der Waals surface area contributed by atoms with Crippen molar-refractivity contribution in [2.75, 3.05) is 0 Å². The number of halogens is 2. The molecule has 2 fully saturated rings. The molecule has 1 aliphatic heterocycles. The molecule has 0 unspecified atom stereocenters. The Morgan fingerprint density at radius 1 is 1.14 bits per heavy atom. The Hall–Kier alpha value is -3.72. The number of Topliss-reactive ketones (excluding diaryl/α,β-unsaturated/α-hetero) is 1. The highest BCUT2D eigenvalue weighted by Crippen LogP contribution is 2.48. The summed E-state index contributed by atoms with van der Waals surface area (Å²) in [6.07, 6.45) is 2.69. The average Bonchev–Trinajstić information content (AvgIpc) is 3.34. The van der Waals surface area contributed by atoms with E-state index in [1.807, 2.05) is 0 Å². The number of aromatic carboxylic acids is 1. The molecule has 186 valence electrons. The van der Waals surface area contributed by atoms with Crippen molar-refractivity contribution in [3.05, 3.63) is 70.4 Å². The molecule has 10 heteroatoms. The van der Waals surface area contributed by atoms with Crippen LogP contribution in [0.15, 0.2) is 48.7 Å². The van der Waals surface area contributed by atoms with Gasteiger partial charge >= 0.3 is 5.97 Å². The average molecular weight is 512 g/mol. The third-order valence-corrected chi connectivity index (χ3v) is 7.17. The minimum absolute atomic E-state index is 0.0304. The van der Waals surface area contributed by atoms with Crippen LogP contribution in [0.5, 0.6) is 0 Å². The lowest BCUT2D eigenvalue weighted by Crippen LogP contribution is -2.48. The first-order valence-electron chi connectivity index (χ1n) is 11.5. The van der Waals surface area contributed by atoms with Gasteiger partial charge in [-0.2, -0.15) is 5.12 Å². The third-order valence-electron chi connectivity index (χ3n) is 6.94. The van der Waals surface area contributed by atoms with Crippen LogP contribution in [-0.4, -0.2) is 55.3 Å². The molecule has 8 nitrogen and oxygen atoms in total. The maximum atomic E-state index is 14.9. The summed E-state index contributed by atoms with van der Waals surface area (Å²) < 4.78 is 16.5. The summed E-state index contributed by atoms with van der Waals surface area (Å²) in [5, 5.41) is 10.3. The fraction of sp³-hybridized carbons (Fsp3) is 0.308. The number of hydrogen-bond donors (Lipinski definition) is 1. The number of benzene rings is 2. The number of amides is 2. The number of rotatable bonds is 7. The van der Waals surface area contributed by atoms with Crippen molar-refractivity contribution in [3.8, 4) is 0 Å². The highest BCUT2D eigenvalue weighted by atomic mass is 35.5. The second-order valence-corrected chi connectivity index (χ2v) is 9.80. The van der Waals surface area contributed by atoms with Crippen molar-refractivity contribution in [3.63, 3.8) is 0 Å². The topological polar surface area (TPSA) is 99.9 Å². The van der Waals surface area contributed by atoms with Crippen LogP contribution in [0.3, 0.4) is 0 Å². The molecule has 0 spiro atoms. The Bertz CT molecular complexity index is 1420. The second kappa shape index (κ2) is 9.05. The van der Waals surface area contributed by atoms with Gasteiger partial charge in [0.1, 0.15) is 12.6 Å². The van der Waals surface area contributed by atoms with Crippen molar-refractivity contribution in [1.29, 1.82) is 0 Å². The number of carboxylic acid groups (broad SMARTS) is 1. The number of fused-ring (bicyclic) bond motifs is 2. The molecule has 1 saturated carbocycles. The van der Waals surface area contributed by atoms with Crippen LogP contribution in [0.2, 0.25) is 5.02 Å². The van der Waals surface area contributed by atoms with Gasteiger partial charge in [-0.25, -0.2) is 4.79 Å². The predicted molar refractivity (Wildman–Crippen MR) is 129 cm³/mol. The fourth-order valence-corrected chi connectivity index (χ4v) is 5.35. The monoisotopic (exact) mass is 511 g/mol. The summed E-state index contributed by atoms with van der Waals surface area (Å²) >= 11 is 5.96. The minimum atomic E-state index is -1.12. The summed E-state index contributed by atoms with van der Waals surface area (Å²) in [6, 6.07) is 9.93. The van der Waals surface area contributed by atoms with E-state index in [4.69, 9.17) is 11.6 Å². The maximum Gasteiger partial charge on any atom is 0.335 e. The molecule has 2 aromatic carbocycles. The van der Waals surface area contributed by atoms with E-state index in [0.29, 0.717) is 33.5 Å². The lowest BCUT2D eigenvalue weighted by Gasteiger charge is -2.28. The van der Waals surface area contributed by atoms with Gasteiger partial charge in [-0.15, -0.1) is 0 Å². The Morgan fingerprint density at radius 3 is 2.61 bits per heavy atom. The quantitative estimate of drug-likeness (QED) is 0.380. The molecule has 2 heterocycles. The van der Waals surface area contributed by atoms with E-state index in [9.17, 15) is 28.8 Å². The molecule has 1 aromatic heterocycles. The summed E-state index contributed by atoms with van der Waals surface area (Å²) in [6.45, 7) is 0.932. The third kappa shape index (κ3) is 4.35. The largest absolute Gasteiger partial charge is 0.478 e. The van der Waals surface area contributed by atoms with E-state index < -0.39 is 17.9 Å². The van der Waals surface area contributed by atoms with E-state index >= 15 is 0 Å². The number of ketones is 1. The van der Waals surface area contributed by atoms with Crippen LogP contribution in [-0.2, 0) is 22.7 Å². The van der Waals surface area contributed by atoms with Gasteiger partial charge in [0.15, 0.2) is 5.78 Å². The standard InChI is InChI=1S/C26H23ClFN3O5/c1-14(32)20-12-29(21-6-5-16(26(35)36)8-19(20)21)13-24(33)31-22-9-17(22)10-23(31)25(34)30(28)11-15-3-2-4-18(27)7-15/h2-8,12,17,22-23H,9-11,13H2,1H3,(H,35,36)/t17-,22-,23+/m1/s1. The van der Waals surface area contributed by atoms with Gasteiger partial charge in [0.05, 0.1) is 12.1 Å². The first-order chi connectivity index (χ1) is 17.1. The van der Waals surface area contributed by atoms with Crippen LogP contribution >= 0.6 is 11.6 Å². The molecule has 1 N–H and O–H groups in total. The molecule has 1 saturated heterocycles. The number of piperidine rings is 1. The van der Waals surface area contributed by atoms with E-state index in [0.717, 1.165) is 6.42 Å².